The van der Waals surface area contributed by atoms with Crippen molar-refractivity contribution < 1.29 is 32.8 Å². The molecule has 0 bridgehead atoms. The summed E-state index contributed by atoms with van der Waals surface area (Å²) < 4.78 is 37.0. The number of esters is 1. The summed E-state index contributed by atoms with van der Waals surface area (Å²) in [5.41, 5.74) is 2.04. The van der Waals surface area contributed by atoms with Crippen molar-refractivity contribution in [2.75, 3.05) is 26.4 Å². The standard InChI is InChI=1S/C28H33N2O8P/c1-19-24(27(31)36-14-13-35-16-21-9-6-5-7-10-21)25(22-11-8-12-23(15-22)30(32)33)26(20(2)29-19)39(34)37-17-28(3,4)18-38-39/h5-12,15,25,29H,13-14,16-18H2,1-4H3. The number of hydrogen-bond donors (Lipinski definition) is 1. The summed E-state index contributed by atoms with van der Waals surface area (Å²) in [5.74, 6) is -1.61. The number of hydrogen-bond acceptors (Lipinski definition) is 9. The van der Waals surface area contributed by atoms with E-state index in [-0.39, 0.29) is 48.4 Å². The molecule has 0 aliphatic carbocycles. The fourth-order valence-electron chi connectivity index (χ4n) is 4.53. The molecule has 1 atom stereocenters. The van der Waals surface area contributed by atoms with Gasteiger partial charge in [-0.25, -0.2) is 4.79 Å². The molecule has 10 nitrogen and oxygen atoms in total. The van der Waals surface area contributed by atoms with Gasteiger partial charge in [0.25, 0.3) is 5.69 Å². The number of carbonyl (C=O) groups excluding carboxylic acids is 1. The van der Waals surface area contributed by atoms with Crippen LogP contribution in [0.3, 0.4) is 0 Å². The van der Waals surface area contributed by atoms with E-state index in [9.17, 15) is 19.5 Å². The number of allylic oxidation sites excluding steroid dienone is 3. The highest BCUT2D eigenvalue weighted by Gasteiger charge is 2.48. The quantitative estimate of drug-likeness (QED) is 0.134. The Labute approximate surface area is 227 Å². The van der Waals surface area contributed by atoms with E-state index in [1.54, 1.807) is 19.9 Å². The van der Waals surface area contributed by atoms with Gasteiger partial charge < -0.3 is 23.8 Å². The van der Waals surface area contributed by atoms with E-state index in [0.717, 1.165) is 5.56 Å². The van der Waals surface area contributed by atoms with Gasteiger partial charge in [0.2, 0.25) is 0 Å². The van der Waals surface area contributed by atoms with Gasteiger partial charge in [0.05, 0.1) is 48.2 Å². The molecule has 1 N–H and O–H groups in total. The minimum atomic E-state index is -3.88. The first kappa shape index (κ1) is 28.7. The van der Waals surface area contributed by atoms with Crippen LogP contribution in [-0.4, -0.2) is 37.3 Å². The Bertz CT molecular complexity index is 1340. The number of nitro benzene ring substituents is 1. The van der Waals surface area contributed by atoms with E-state index >= 15 is 0 Å². The van der Waals surface area contributed by atoms with Gasteiger partial charge in [-0.05, 0) is 25.0 Å². The molecule has 2 aliphatic heterocycles. The van der Waals surface area contributed by atoms with Crippen LogP contribution in [0.5, 0.6) is 0 Å². The highest BCUT2D eigenvalue weighted by molar-refractivity contribution is 7.58. The minimum absolute atomic E-state index is 0.0129. The zero-order chi connectivity index (χ0) is 28.2. The molecule has 2 aliphatic rings. The molecular formula is C28H33N2O8P. The molecule has 1 saturated heterocycles. The fraction of sp³-hybridized carbons (Fsp3) is 0.393. The number of rotatable bonds is 9. The Balaban J connectivity index is 1.62. The second kappa shape index (κ2) is 11.8. The number of ether oxygens (including phenoxy) is 2. The first-order chi connectivity index (χ1) is 18.5. The summed E-state index contributed by atoms with van der Waals surface area (Å²) in [6.45, 7) is 8.18. The molecule has 2 aromatic rings. The molecule has 0 amide bonds. The number of nitrogens with zero attached hydrogens (tertiary/aromatic N) is 1. The van der Waals surface area contributed by atoms with Gasteiger partial charge in [0, 0.05) is 28.9 Å². The lowest BCUT2D eigenvalue weighted by Gasteiger charge is -2.39. The van der Waals surface area contributed by atoms with Crippen LogP contribution < -0.4 is 5.32 Å². The van der Waals surface area contributed by atoms with Gasteiger partial charge in [-0.1, -0.05) is 56.3 Å². The Hall–Kier alpha value is -3.30. The SMILES string of the molecule is CC1=C(C(=O)OCCOCc2ccccc2)C(c2cccc([N+](=O)[O-])c2)C(P2(=O)OCC(C)(C)CO2)=C(C)N1. The molecule has 2 aromatic carbocycles. The average molecular weight is 557 g/mol. The van der Waals surface area contributed by atoms with Crippen molar-refractivity contribution in [2.45, 2.75) is 40.2 Å². The van der Waals surface area contributed by atoms with Gasteiger partial charge in [-0.15, -0.1) is 0 Å². The fourth-order valence-corrected chi connectivity index (χ4v) is 6.98. The Kier molecular flexibility index (Phi) is 8.71. The molecule has 1 fully saturated rings. The second-order valence-electron chi connectivity index (χ2n) is 10.3. The normalized spacial score (nSPS) is 20.4. The van der Waals surface area contributed by atoms with Crippen LogP contribution in [-0.2, 0) is 34.5 Å². The van der Waals surface area contributed by atoms with E-state index in [4.69, 9.17) is 18.5 Å². The maximum atomic E-state index is 14.1. The first-order valence-electron chi connectivity index (χ1n) is 12.6. The largest absolute Gasteiger partial charge is 0.460 e. The Morgan fingerprint density at radius 1 is 1.08 bits per heavy atom. The molecule has 2 heterocycles. The number of dihydropyridines is 1. The molecule has 1 unspecified atom stereocenters. The van der Waals surface area contributed by atoms with Crippen LogP contribution in [0, 0.1) is 15.5 Å². The number of nitrogens with one attached hydrogen (secondary N) is 1. The monoisotopic (exact) mass is 556 g/mol. The lowest BCUT2D eigenvalue weighted by Crippen LogP contribution is -2.34. The second-order valence-corrected chi connectivity index (χ2v) is 12.3. The topological polar surface area (TPSA) is 126 Å². The maximum Gasteiger partial charge on any atom is 0.360 e. The summed E-state index contributed by atoms with van der Waals surface area (Å²) >= 11 is 0. The summed E-state index contributed by atoms with van der Waals surface area (Å²) in [7, 11) is -3.88. The molecule has 208 valence electrons. The maximum absolute atomic E-state index is 14.1. The van der Waals surface area contributed by atoms with Crippen LogP contribution in [0.4, 0.5) is 5.69 Å². The van der Waals surface area contributed by atoms with Crippen molar-refractivity contribution >= 4 is 19.3 Å². The summed E-state index contributed by atoms with van der Waals surface area (Å²) in [5, 5.41) is 14.9. The highest BCUT2D eigenvalue weighted by Crippen LogP contribution is 2.66. The van der Waals surface area contributed by atoms with Gasteiger partial charge in [0.15, 0.2) is 0 Å². The Morgan fingerprint density at radius 3 is 2.44 bits per heavy atom. The summed E-state index contributed by atoms with van der Waals surface area (Å²) in [6, 6.07) is 15.5. The molecular weight excluding hydrogens is 523 g/mol. The van der Waals surface area contributed by atoms with Crippen LogP contribution in [0.15, 0.2) is 76.9 Å². The van der Waals surface area contributed by atoms with Crippen molar-refractivity contribution in [1.29, 1.82) is 0 Å². The smallest absolute Gasteiger partial charge is 0.360 e. The predicted octanol–water partition coefficient (Wildman–Crippen LogP) is 5.81. The van der Waals surface area contributed by atoms with Crippen molar-refractivity contribution in [3.63, 3.8) is 0 Å². The third-order valence-electron chi connectivity index (χ3n) is 6.48. The van der Waals surface area contributed by atoms with E-state index in [2.05, 4.69) is 5.32 Å². The van der Waals surface area contributed by atoms with Gasteiger partial charge in [0.1, 0.15) is 6.61 Å². The molecule has 11 heteroatoms. The lowest BCUT2D eigenvalue weighted by molar-refractivity contribution is -0.384. The third kappa shape index (κ3) is 6.65. The molecule has 4 rings (SSSR count). The zero-order valence-electron chi connectivity index (χ0n) is 22.5. The van der Waals surface area contributed by atoms with Crippen molar-refractivity contribution in [2.24, 2.45) is 5.41 Å². The number of carbonyl (C=O) groups is 1. The van der Waals surface area contributed by atoms with Crippen LogP contribution in [0.2, 0.25) is 0 Å². The zero-order valence-corrected chi connectivity index (χ0v) is 23.4. The van der Waals surface area contributed by atoms with Crippen molar-refractivity contribution in [3.05, 3.63) is 98.1 Å². The third-order valence-corrected chi connectivity index (χ3v) is 8.60. The molecule has 0 spiro atoms. The number of non-ortho nitro benzene ring substituents is 1. The number of benzene rings is 2. The first-order valence-corrected chi connectivity index (χ1v) is 14.2. The molecule has 0 radical (unpaired) electrons. The van der Waals surface area contributed by atoms with Crippen LogP contribution in [0.25, 0.3) is 0 Å². The van der Waals surface area contributed by atoms with E-state index < -0.39 is 24.4 Å². The summed E-state index contributed by atoms with van der Waals surface area (Å²) in [6.07, 6.45) is 0. The van der Waals surface area contributed by atoms with E-state index in [1.165, 1.54) is 18.2 Å². The molecule has 0 aromatic heterocycles. The molecule has 0 saturated carbocycles. The summed E-state index contributed by atoms with van der Waals surface area (Å²) in [4.78, 5) is 24.5. The Morgan fingerprint density at radius 2 is 1.77 bits per heavy atom. The lowest BCUT2D eigenvalue weighted by atomic mass is 9.86. The van der Waals surface area contributed by atoms with Gasteiger partial charge >= 0.3 is 13.6 Å². The van der Waals surface area contributed by atoms with Crippen LogP contribution >= 0.6 is 7.60 Å². The number of nitro groups is 1. The highest BCUT2D eigenvalue weighted by atomic mass is 31.2. The predicted molar refractivity (Wildman–Crippen MR) is 145 cm³/mol. The molecule has 39 heavy (non-hydrogen) atoms. The van der Waals surface area contributed by atoms with Gasteiger partial charge in [-0.2, -0.15) is 0 Å². The average Bonchev–Trinajstić information content (AvgIpc) is 2.90. The van der Waals surface area contributed by atoms with Crippen LogP contribution in [0.1, 0.15) is 44.7 Å². The van der Waals surface area contributed by atoms with Gasteiger partial charge in [-0.3, -0.25) is 14.7 Å². The van der Waals surface area contributed by atoms with E-state index in [0.29, 0.717) is 23.6 Å². The van der Waals surface area contributed by atoms with Crippen molar-refractivity contribution in [1.82, 2.24) is 5.32 Å². The van der Waals surface area contributed by atoms with Crippen molar-refractivity contribution in [3.8, 4) is 0 Å². The van der Waals surface area contributed by atoms with E-state index in [1.807, 2.05) is 44.2 Å². The minimum Gasteiger partial charge on any atom is -0.460 e.